The van der Waals surface area contributed by atoms with Crippen LogP contribution in [0.2, 0.25) is 0 Å². The Balaban J connectivity index is 2.47. The van der Waals surface area contributed by atoms with Crippen LogP contribution in [0.15, 0.2) is 9.59 Å². The predicted molar refractivity (Wildman–Crippen MR) is 338 cm³/mol. The second-order valence-corrected chi connectivity index (χ2v) is 23.9. The largest absolute Gasteiger partial charge is 0.383 e. The number of rotatable bonds is 62. The van der Waals surface area contributed by atoms with Crippen molar-refractivity contribution in [2.75, 3.05) is 70.0 Å². The molecule has 9 nitrogen and oxygen atoms in total. The van der Waals surface area contributed by atoms with Crippen LogP contribution in [0.5, 0.6) is 0 Å². The van der Waals surface area contributed by atoms with Crippen LogP contribution in [0.1, 0.15) is 342 Å². The molecule has 0 fully saturated rings. The van der Waals surface area contributed by atoms with Gasteiger partial charge in [0, 0.05) is 52.6 Å². The van der Waals surface area contributed by atoms with E-state index in [2.05, 4.69) is 53.0 Å². The van der Waals surface area contributed by atoms with E-state index in [0.717, 1.165) is 104 Å². The molecule has 0 heterocycles. The molecule has 9 heteroatoms. The predicted octanol–water partition coefficient (Wildman–Crippen LogP) is 18.9. The van der Waals surface area contributed by atoms with Crippen LogP contribution < -0.4 is 21.5 Å². The molecule has 2 amide bonds. The van der Waals surface area contributed by atoms with Crippen molar-refractivity contribution in [1.82, 2.24) is 14.7 Å². The molecule has 77 heavy (non-hydrogen) atoms. The number of hydrogen-bond donors (Lipinski definition) is 2. The average molecular weight is 1080 g/mol. The van der Waals surface area contributed by atoms with E-state index in [-0.39, 0.29) is 0 Å². The minimum Gasteiger partial charge on any atom is -0.383 e. The Kier molecular flexibility index (Phi) is 52.3. The van der Waals surface area contributed by atoms with Gasteiger partial charge in [-0.15, -0.1) is 0 Å². The third-order valence-electron chi connectivity index (χ3n) is 16.7. The van der Waals surface area contributed by atoms with Gasteiger partial charge in [0.25, 0.3) is 10.9 Å². The molecule has 0 radical (unpaired) electrons. The van der Waals surface area contributed by atoms with Crippen molar-refractivity contribution in [3.63, 3.8) is 0 Å². The molecule has 0 saturated carbocycles. The molecule has 1 aromatic rings. The molecule has 0 atom stereocenters. The summed E-state index contributed by atoms with van der Waals surface area (Å²) in [6, 6.07) is 0. The standard InChI is InChI=1S/C68H131N5O4/c1-6-10-14-18-22-32-40-48-59-72(60-49-41-33-23-19-15-11-7-2)63(74)53-44-36-28-26-30-38-46-56-71(58-52-55-70-66-65(69-5)67(76)68(66)77)57-47-39-31-27-29-37-45-54-64(75)73(61-50-42-34-24-20-16-12-8-3)62-51-43-35-25-21-17-13-9-4/h69-70H,6-62H2,1-5H3. The van der Waals surface area contributed by atoms with Crippen molar-refractivity contribution < 1.29 is 9.59 Å². The molecule has 0 spiro atoms. The zero-order valence-corrected chi connectivity index (χ0v) is 52.3. The number of unbranched alkanes of at least 4 members (excludes halogenated alkanes) is 40. The Morgan fingerprint density at radius 2 is 0.532 bits per heavy atom. The summed E-state index contributed by atoms with van der Waals surface area (Å²) in [6.45, 7) is 16.8. The van der Waals surface area contributed by atoms with Gasteiger partial charge >= 0.3 is 0 Å². The maximum atomic E-state index is 13.5. The molecule has 0 aliphatic rings. The van der Waals surface area contributed by atoms with Crippen molar-refractivity contribution in [2.24, 2.45) is 0 Å². The monoisotopic (exact) mass is 1080 g/mol. The third-order valence-corrected chi connectivity index (χ3v) is 16.7. The maximum Gasteiger partial charge on any atom is 0.253 e. The molecule has 452 valence electrons. The van der Waals surface area contributed by atoms with Crippen LogP contribution in [-0.2, 0) is 9.59 Å². The highest BCUT2D eigenvalue weighted by atomic mass is 16.2. The zero-order valence-electron chi connectivity index (χ0n) is 52.3. The lowest BCUT2D eigenvalue weighted by molar-refractivity contribution is -0.132. The number of amides is 2. The van der Waals surface area contributed by atoms with E-state index in [9.17, 15) is 19.2 Å². The van der Waals surface area contributed by atoms with Crippen molar-refractivity contribution in [3.8, 4) is 0 Å². The number of anilines is 2. The van der Waals surface area contributed by atoms with Gasteiger partial charge in [-0.2, -0.15) is 0 Å². The number of carbonyl (C=O) groups is 2. The van der Waals surface area contributed by atoms with E-state index in [1.54, 1.807) is 7.05 Å². The summed E-state index contributed by atoms with van der Waals surface area (Å²) in [4.78, 5) is 58.0. The Morgan fingerprint density at radius 3 is 0.818 bits per heavy atom. The van der Waals surface area contributed by atoms with E-state index in [4.69, 9.17) is 0 Å². The molecule has 2 N–H and O–H groups in total. The lowest BCUT2D eigenvalue weighted by Gasteiger charge is -2.23. The average Bonchev–Trinajstić information content (AvgIpc) is 3.44. The van der Waals surface area contributed by atoms with Gasteiger partial charge in [-0.05, 0) is 77.4 Å². The van der Waals surface area contributed by atoms with Gasteiger partial charge in [0.2, 0.25) is 11.8 Å². The van der Waals surface area contributed by atoms with Crippen LogP contribution in [0, 0.1) is 0 Å². The first kappa shape index (κ1) is 72.6. The van der Waals surface area contributed by atoms with Crippen molar-refractivity contribution >= 4 is 23.2 Å². The Hall–Kier alpha value is -2.42. The summed E-state index contributed by atoms with van der Waals surface area (Å²) in [7, 11) is 1.70. The molecule has 0 saturated heterocycles. The molecule has 1 aromatic carbocycles. The summed E-state index contributed by atoms with van der Waals surface area (Å²) >= 11 is 0. The fraction of sp³-hybridized carbons (Fsp3) is 0.912. The minimum atomic E-state index is -0.417. The highest BCUT2D eigenvalue weighted by Crippen LogP contribution is 2.18. The highest BCUT2D eigenvalue weighted by molar-refractivity contribution is 5.76. The molecule has 0 aliphatic heterocycles. The quantitative estimate of drug-likeness (QED) is 0.0495. The van der Waals surface area contributed by atoms with Gasteiger partial charge in [-0.25, -0.2) is 0 Å². The molecule has 0 unspecified atom stereocenters. The van der Waals surface area contributed by atoms with E-state index in [1.807, 2.05) is 0 Å². The molecular weight excluding hydrogens is 951 g/mol. The summed E-state index contributed by atoms with van der Waals surface area (Å²) in [5.41, 5.74) is 0.0435. The number of nitrogens with one attached hydrogen (secondary N) is 2. The fourth-order valence-corrected chi connectivity index (χ4v) is 11.4. The zero-order chi connectivity index (χ0) is 55.9. The van der Waals surface area contributed by atoms with Crippen LogP contribution in [0.4, 0.5) is 11.4 Å². The van der Waals surface area contributed by atoms with Crippen LogP contribution in [0.3, 0.4) is 0 Å². The van der Waals surface area contributed by atoms with Gasteiger partial charge in [-0.3, -0.25) is 19.2 Å². The van der Waals surface area contributed by atoms with E-state index in [1.165, 1.54) is 244 Å². The van der Waals surface area contributed by atoms with Gasteiger partial charge in [0.05, 0.1) is 0 Å². The number of nitrogens with zero attached hydrogens (tertiary/aromatic N) is 3. The van der Waals surface area contributed by atoms with E-state index < -0.39 is 10.9 Å². The highest BCUT2D eigenvalue weighted by Gasteiger charge is 2.19. The van der Waals surface area contributed by atoms with Crippen molar-refractivity contribution in [2.45, 2.75) is 342 Å². The maximum absolute atomic E-state index is 13.5. The summed E-state index contributed by atoms with van der Waals surface area (Å²) in [5, 5.41) is 6.11. The van der Waals surface area contributed by atoms with Gasteiger partial charge in [0.1, 0.15) is 11.4 Å². The molecule has 0 bridgehead atoms. The Morgan fingerprint density at radius 1 is 0.299 bits per heavy atom. The van der Waals surface area contributed by atoms with E-state index in [0.29, 0.717) is 42.6 Å². The van der Waals surface area contributed by atoms with Crippen LogP contribution in [0.25, 0.3) is 0 Å². The SMILES string of the molecule is CCCCCCCCCCN(CCCCCCCCCC)C(=O)CCCCCCCCCN(CCCCCCCCCC(=O)N(CCCCCCCCCC)CCCCCCCCCC)CCCNc1c(NC)c(=O)c1=O. The second kappa shape index (κ2) is 55.5. The Labute approximate surface area is 478 Å². The normalized spacial score (nSPS) is 11.6. The van der Waals surface area contributed by atoms with Gasteiger partial charge < -0.3 is 25.3 Å². The Bertz CT molecular complexity index is 1400. The van der Waals surface area contributed by atoms with Gasteiger partial charge in [-0.1, -0.05) is 272 Å². The van der Waals surface area contributed by atoms with Crippen LogP contribution >= 0.6 is 0 Å². The van der Waals surface area contributed by atoms with Gasteiger partial charge in [0.15, 0.2) is 0 Å². The number of hydrogen-bond acceptors (Lipinski definition) is 7. The van der Waals surface area contributed by atoms with Crippen molar-refractivity contribution in [1.29, 1.82) is 0 Å². The third kappa shape index (κ3) is 42.1. The lowest BCUT2D eigenvalue weighted by atomic mass is 10.1. The number of carbonyl (C=O) groups excluding carboxylic acids is 2. The van der Waals surface area contributed by atoms with Crippen LogP contribution in [-0.4, -0.2) is 85.9 Å². The molecule has 0 aliphatic carbocycles. The second-order valence-electron chi connectivity index (χ2n) is 23.9. The van der Waals surface area contributed by atoms with E-state index >= 15 is 0 Å². The first-order valence-electron chi connectivity index (χ1n) is 34.4. The topological polar surface area (TPSA) is 102 Å². The first-order valence-corrected chi connectivity index (χ1v) is 34.4. The summed E-state index contributed by atoms with van der Waals surface area (Å²) < 4.78 is 0. The summed E-state index contributed by atoms with van der Waals surface area (Å²) in [5.74, 6) is 0.799. The molecular formula is C68H131N5O4. The van der Waals surface area contributed by atoms with Crippen molar-refractivity contribution in [3.05, 3.63) is 20.4 Å². The lowest BCUT2D eigenvalue weighted by Crippen LogP contribution is -2.37. The summed E-state index contributed by atoms with van der Waals surface area (Å²) in [6.07, 6.45) is 61.0. The molecule has 1 rings (SSSR count). The minimum absolute atomic E-state index is 0.400. The fourth-order valence-electron chi connectivity index (χ4n) is 11.4. The first-order chi connectivity index (χ1) is 37.8. The molecule has 0 aromatic heterocycles. The smallest absolute Gasteiger partial charge is 0.253 e.